The lowest BCUT2D eigenvalue weighted by atomic mass is 10.0. The summed E-state index contributed by atoms with van der Waals surface area (Å²) in [5, 5.41) is 12.1. The lowest BCUT2D eigenvalue weighted by Gasteiger charge is -2.32. The van der Waals surface area contributed by atoms with E-state index in [9.17, 15) is 4.79 Å². The summed E-state index contributed by atoms with van der Waals surface area (Å²) in [6.07, 6.45) is 5.56. The van der Waals surface area contributed by atoms with Crippen molar-refractivity contribution in [1.82, 2.24) is 10.2 Å². The quantitative estimate of drug-likeness (QED) is 0.753. The molecule has 4 nitrogen and oxygen atoms in total. The Morgan fingerprint density at radius 1 is 1.44 bits per heavy atom. The van der Waals surface area contributed by atoms with Crippen molar-refractivity contribution in [3.63, 3.8) is 0 Å². The van der Waals surface area contributed by atoms with Crippen molar-refractivity contribution in [3.05, 3.63) is 0 Å². The van der Waals surface area contributed by atoms with Crippen molar-refractivity contribution >= 4 is 5.91 Å². The zero-order valence-electron chi connectivity index (χ0n) is 9.61. The first-order valence-electron chi connectivity index (χ1n) is 6.21. The van der Waals surface area contributed by atoms with Crippen molar-refractivity contribution in [2.45, 2.75) is 38.1 Å². The molecule has 1 atom stereocenters. The number of rotatable bonds is 2. The van der Waals surface area contributed by atoms with Gasteiger partial charge in [-0.3, -0.25) is 4.79 Å². The lowest BCUT2D eigenvalue weighted by Crippen LogP contribution is -2.53. The van der Waals surface area contributed by atoms with Crippen LogP contribution in [0.25, 0.3) is 0 Å². The molecule has 1 saturated heterocycles. The molecular weight excluding hydrogens is 202 g/mol. The smallest absolute Gasteiger partial charge is 0.224 e. The van der Waals surface area contributed by atoms with Gasteiger partial charge in [0.2, 0.25) is 5.91 Å². The van der Waals surface area contributed by atoms with Crippen LogP contribution in [-0.2, 0) is 4.79 Å². The van der Waals surface area contributed by atoms with E-state index < -0.39 is 0 Å². The molecule has 2 aliphatic rings. The summed E-state index contributed by atoms with van der Waals surface area (Å²) >= 11 is 0. The summed E-state index contributed by atoms with van der Waals surface area (Å²) in [6, 6.07) is 1.94. The van der Waals surface area contributed by atoms with Gasteiger partial charge in [0.05, 0.1) is 6.07 Å². The van der Waals surface area contributed by atoms with Crippen LogP contribution in [0.3, 0.4) is 0 Å². The van der Waals surface area contributed by atoms with Gasteiger partial charge in [0.15, 0.2) is 0 Å². The predicted octanol–water partition coefficient (Wildman–Crippen LogP) is 0.891. The summed E-state index contributed by atoms with van der Waals surface area (Å²) in [6.45, 7) is 2.12. The van der Waals surface area contributed by atoms with Gasteiger partial charge < -0.3 is 10.2 Å². The molecule has 2 rings (SSSR count). The molecule has 1 aliphatic heterocycles. The number of nitriles is 1. The SMILES string of the molecule is N#CC1CNCCN1C(=O)CC1CCCC1. The molecule has 4 heteroatoms. The minimum Gasteiger partial charge on any atom is -0.324 e. The largest absolute Gasteiger partial charge is 0.324 e. The molecule has 2 fully saturated rings. The second-order valence-corrected chi connectivity index (χ2v) is 4.79. The third-order valence-electron chi connectivity index (χ3n) is 3.65. The number of carbonyl (C=O) groups excluding carboxylic acids is 1. The molecule has 0 bridgehead atoms. The van der Waals surface area contributed by atoms with Crippen LogP contribution < -0.4 is 5.32 Å². The normalized spacial score (nSPS) is 26.7. The molecule has 1 N–H and O–H groups in total. The number of nitrogens with one attached hydrogen (secondary N) is 1. The minimum atomic E-state index is -0.261. The average molecular weight is 221 g/mol. The average Bonchev–Trinajstić information content (AvgIpc) is 2.81. The third kappa shape index (κ3) is 2.53. The summed E-state index contributed by atoms with van der Waals surface area (Å²) in [5.41, 5.74) is 0. The highest BCUT2D eigenvalue weighted by molar-refractivity contribution is 5.77. The molecule has 16 heavy (non-hydrogen) atoms. The van der Waals surface area contributed by atoms with E-state index in [1.807, 2.05) is 0 Å². The summed E-state index contributed by atoms with van der Waals surface area (Å²) < 4.78 is 0. The van der Waals surface area contributed by atoms with Crippen LogP contribution in [0.15, 0.2) is 0 Å². The van der Waals surface area contributed by atoms with Gasteiger partial charge in [0.25, 0.3) is 0 Å². The van der Waals surface area contributed by atoms with Crippen LogP contribution in [0.1, 0.15) is 32.1 Å². The Kier molecular flexibility index (Phi) is 3.79. The Labute approximate surface area is 96.6 Å². The molecule has 88 valence electrons. The lowest BCUT2D eigenvalue weighted by molar-refractivity contribution is -0.134. The van der Waals surface area contributed by atoms with Gasteiger partial charge in [-0.1, -0.05) is 12.8 Å². The van der Waals surface area contributed by atoms with E-state index in [1.165, 1.54) is 25.7 Å². The molecule has 1 heterocycles. The van der Waals surface area contributed by atoms with Crippen LogP contribution in [0.4, 0.5) is 0 Å². The fourth-order valence-corrected chi connectivity index (χ4v) is 2.70. The Morgan fingerprint density at radius 3 is 2.88 bits per heavy atom. The molecule has 0 radical (unpaired) electrons. The van der Waals surface area contributed by atoms with Gasteiger partial charge in [-0.05, 0) is 18.8 Å². The topological polar surface area (TPSA) is 56.1 Å². The van der Waals surface area contributed by atoms with Crippen LogP contribution in [0, 0.1) is 17.2 Å². The predicted molar refractivity (Wildman–Crippen MR) is 60.6 cm³/mol. The summed E-state index contributed by atoms with van der Waals surface area (Å²) in [7, 11) is 0. The van der Waals surface area contributed by atoms with E-state index in [2.05, 4.69) is 11.4 Å². The first-order chi connectivity index (χ1) is 7.81. The van der Waals surface area contributed by atoms with Crippen molar-refractivity contribution in [2.24, 2.45) is 5.92 Å². The number of hydrogen-bond donors (Lipinski definition) is 1. The molecule has 1 saturated carbocycles. The van der Waals surface area contributed by atoms with Crippen molar-refractivity contribution < 1.29 is 4.79 Å². The zero-order valence-corrected chi connectivity index (χ0v) is 9.61. The molecule has 0 aromatic rings. The Balaban J connectivity index is 1.89. The summed E-state index contributed by atoms with van der Waals surface area (Å²) in [4.78, 5) is 13.8. The molecule has 1 unspecified atom stereocenters. The van der Waals surface area contributed by atoms with E-state index in [-0.39, 0.29) is 11.9 Å². The summed E-state index contributed by atoms with van der Waals surface area (Å²) in [5.74, 6) is 0.752. The number of carbonyl (C=O) groups is 1. The third-order valence-corrected chi connectivity index (χ3v) is 3.65. The molecule has 0 aromatic carbocycles. The van der Waals surface area contributed by atoms with Gasteiger partial charge in [0, 0.05) is 26.1 Å². The van der Waals surface area contributed by atoms with E-state index in [0.29, 0.717) is 25.4 Å². The van der Waals surface area contributed by atoms with Crippen LogP contribution in [0.5, 0.6) is 0 Å². The maximum Gasteiger partial charge on any atom is 0.224 e. The van der Waals surface area contributed by atoms with E-state index in [1.54, 1.807) is 4.90 Å². The van der Waals surface area contributed by atoms with Crippen molar-refractivity contribution in [1.29, 1.82) is 5.26 Å². The number of piperazine rings is 1. The zero-order chi connectivity index (χ0) is 11.4. The molecule has 1 amide bonds. The maximum absolute atomic E-state index is 12.1. The minimum absolute atomic E-state index is 0.181. The van der Waals surface area contributed by atoms with Gasteiger partial charge >= 0.3 is 0 Å². The van der Waals surface area contributed by atoms with Gasteiger partial charge in [-0.15, -0.1) is 0 Å². The maximum atomic E-state index is 12.1. The fourth-order valence-electron chi connectivity index (χ4n) is 2.70. The fraction of sp³-hybridized carbons (Fsp3) is 0.833. The van der Waals surface area contributed by atoms with E-state index in [0.717, 1.165) is 6.54 Å². The molecule has 1 aliphatic carbocycles. The van der Waals surface area contributed by atoms with Crippen molar-refractivity contribution in [3.8, 4) is 6.07 Å². The first kappa shape index (κ1) is 11.4. The van der Waals surface area contributed by atoms with Gasteiger partial charge in [0.1, 0.15) is 6.04 Å². The van der Waals surface area contributed by atoms with Crippen LogP contribution >= 0.6 is 0 Å². The number of nitrogens with zero attached hydrogens (tertiary/aromatic N) is 2. The highest BCUT2D eigenvalue weighted by atomic mass is 16.2. The Bertz CT molecular complexity index is 291. The highest BCUT2D eigenvalue weighted by Crippen LogP contribution is 2.28. The van der Waals surface area contributed by atoms with Crippen LogP contribution in [0.2, 0.25) is 0 Å². The van der Waals surface area contributed by atoms with Gasteiger partial charge in [-0.2, -0.15) is 5.26 Å². The van der Waals surface area contributed by atoms with Gasteiger partial charge in [-0.25, -0.2) is 0 Å². The van der Waals surface area contributed by atoms with E-state index in [4.69, 9.17) is 5.26 Å². The highest BCUT2D eigenvalue weighted by Gasteiger charge is 2.28. The molecular formula is C12H19N3O. The number of hydrogen-bond acceptors (Lipinski definition) is 3. The van der Waals surface area contributed by atoms with Crippen LogP contribution in [-0.4, -0.2) is 36.5 Å². The first-order valence-corrected chi connectivity index (χ1v) is 6.21. The second kappa shape index (κ2) is 5.31. The van der Waals surface area contributed by atoms with E-state index >= 15 is 0 Å². The molecule has 0 spiro atoms. The number of amides is 1. The van der Waals surface area contributed by atoms with Crippen molar-refractivity contribution in [2.75, 3.05) is 19.6 Å². The Hall–Kier alpha value is -1.08. The monoisotopic (exact) mass is 221 g/mol. The standard InChI is InChI=1S/C12H19N3O/c13-8-11-9-14-5-6-15(11)12(16)7-10-3-1-2-4-10/h10-11,14H,1-7,9H2. The second-order valence-electron chi connectivity index (χ2n) is 4.79. The Morgan fingerprint density at radius 2 is 2.19 bits per heavy atom. The molecule has 0 aromatic heterocycles.